The number of hydrogen-bond acceptors (Lipinski definition) is 2. The molecule has 1 N–H and O–H groups in total. The number of nitrogens with one attached hydrogen (secondary N) is 1. The molecule has 1 rings (SSSR count). The van der Waals surface area contributed by atoms with Gasteiger partial charge in [-0.05, 0) is 12.8 Å². The van der Waals surface area contributed by atoms with Crippen LogP contribution in [0, 0.1) is 0 Å². The van der Waals surface area contributed by atoms with Crippen molar-refractivity contribution in [2.75, 3.05) is 13.7 Å². The number of rotatable bonds is 3. The van der Waals surface area contributed by atoms with Crippen LogP contribution in [0.25, 0.3) is 0 Å². The first kappa shape index (κ1) is 11.5. The number of likely N-dealkylation sites (N-methyl/N-ethyl adjacent to an activating group) is 1. The van der Waals surface area contributed by atoms with Crippen molar-refractivity contribution in [1.82, 2.24) is 5.32 Å². The van der Waals surface area contributed by atoms with E-state index in [0.29, 0.717) is 6.10 Å². The van der Waals surface area contributed by atoms with Gasteiger partial charge >= 0.3 is 0 Å². The van der Waals surface area contributed by atoms with Crippen LogP contribution in [0.4, 0.5) is 0 Å². The number of amides is 1. The molecule has 1 aliphatic carbocycles. The molecule has 0 spiro atoms. The van der Waals surface area contributed by atoms with Crippen LogP contribution in [-0.2, 0) is 9.53 Å². The summed E-state index contributed by atoms with van der Waals surface area (Å²) in [6.07, 6.45) is 9.06. The minimum atomic E-state index is -0.0212. The smallest absolute Gasteiger partial charge is 0.245 e. The first-order valence-corrected chi connectivity index (χ1v) is 5.65. The number of carbonyl (C=O) groups is 1. The number of hydrogen-bond donors (Lipinski definition) is 1. The number of ether oxygens (including phenoxy) is 1. The maximum atomic E-state index is 11.0. The first-order chi connectivity index (χ1) is 6.83. The van der Waals surface area contributed by atoms with E-state index in [0.717, 1.165) is 12.8 Å². The van der Waals surface area contributed by atoms with Crippen molar-refractivity contribution >= 4 is 5.91 Å². The molecule has 0 heterocycles. The lowest BCUT2D eigenvalue weighted by Crippen LogP contribution is -2.27. The Morgan fingerprint density at radius 1 is 1.21 bits per heavy atom. The van der Waals surface area contributed by atoms with E-state index >= 15 is 0 Å². The third-order valence-electron chi connectivity index (χ3n) is 2.78. The Kier molecular flexibility index (Phi) is 5.60. The van der Waals surface area contributed by atoms with Crippen molar-refractivity contribution in [3.63, 3.8) is 0 Å². The van der Waals surface area contributed by atoms with E-state index in [1.807, 2.05) is 0 Å². The molecule has 3 nitrogen and oxygen atoms in total. The molecular formula is C11H21NO2. The van der Waals surface area contributed by atoms with Crippen LogP contribution in [0.5, 0.6) is 0 Å². The van der Waals surface area contributed by atoms with Crippen LogP contribution in [0.2, 0.25) is 0 Å². The predicted octanol–water partition coefficient (Wildman–Crippen LogP) is 1.86. The van der Waals surface area contributed by atoms with E-state index in [-0.39, 0.29) is 12.5 Å². The molecule has 0 aromatic rings. The summed E-state index contributed by atoms with van der Waals surface area (Å²) in [5.74, 6) is -0.0212. The summed E-state index contributed by atoms with van der Waals surface area (Å²) in [6, 6.07) is 0. The van der Waals surface area contributed by atoms with Gasteiger partial charge in [-0.3, -0.25) is 4.79 Å². The Bertz CT molecular complexity index is 163. The van der Waals surface area contributed by atoms with E-state index in [9.17, 15) is 4.79 Å². The van der Waals surface area contributed by atoms with Gasteiger partial charge in [0.2, 0.25) is 5.91 Å². The van der Waals surface area contributed by atoms with Gasteiger partial charge in [0.1, 0.15) is 6.61 Å². The molecule has 1 saturated carbocycles. The average molecular weight is 199 g/mol. The van der Waals surface area contributed by atoms with Crippen molar-refractivity contribution in [2.24, 2.45) is 0 Å². The third-order valence-corrected chi connectivity index (χ3v) is 2.78. The molecule has 1 fully saturated rings. The van der Waals surface area contributed by atoms with Gasteiger partial charge in [0.25, 0.3) is 0 Å². The second-order valence-corrected chi connectivity index (χ2v) is 3.95. The molecule has 0 saturated heterocycles. The second-order valence-electron chi connectivity index (χ2n) is 3.95. The van der Waals surface area contributed by atoms with E-state index in [1.54, 1.807) is 7.05 Å². The van der Waals surface area contributed by atoms with Crippen LogP contribution in [0.1, 0.15) is 44.9 Å². The molecule has 0 bridgehead atoms. The van der Waals surface area contributed by atoms with Crippen LogP contribution >= 0.6 is 0 Å². The lowest BCUT2D eigenvalue weighted by atomic mass is 9.99. The summed E-state index contributed by atoms with van der Waals surface area (Å²) in [6.45, 7) is 0.223. The summed E-state index contributed by atoms with van der Waals surface area (Å²) in [5, 5.41) is 2.57. The molecule has 0 unspecified atom stereocenters. The van der Waals surface area contributed by atoms with E-state index < -0.39 is 0 Å². The van der Waals surface area contributed by atoms with Crippen LogP contribution in [-0.4, -0.2) is 25.7 Å². The van der Waals surface area contributed by atoms with Crippen LogP contribution < -0.4 is 5.32 Å². The molecule has 0 aliphatic heterocycles. The van der Waals surface area contributed by atoms with Crippen molar-refractivity contribution in [3.8, 4) is 0 Å². The topological polar surface area (TPSA) is 38.3 Å². The molecule has 14 heavy (non-hydrogen) atoms. The minimum absolute atomic E-state index is 0.0212. The standard InChI is InChI=1S/C11H21NO2/c1-12-11(13)9-14-10-7-5-3-2-4-6-8-10/h10H,2-9H2,1H3,(H,12,13). The van der Waals surface area contributed by atoms with Crippen molar-refractivity contribution in [2.45, 2.75) is 51.0 Å². The zero-order chi connectivity index (χ0) is 10.2. The molecule has 1 aliphatic rings. The van der Waals surface area contributed by atoms with Gasteiger partial charge in [-0.2, -0.15) is 0 Å². The minimum Gasteiger partial charge on any atom is -0.368 e. The van der Waals surface area contributed by atoms with E-state index in [2.05, 4.69) is 5.32 Å². The second kappa shape index (κ2) is 6.82. The fraction of sp³-hybridized carbons (Fsp3) is 0.909. The van der Waals surface area contributed by atoms with Gasteiger partial charge < -0.3 is 10.1 Å². The average Bonchev–Trinajstić information content (AvgIpc) is 2.15. The third kappa shape index (κ3) is 4.61. The fourth-order valence-electron chi connectivity index (χ4n) is 1.85. The highest BCUT2D eigenvalue weighted by Crippen LogP contribution is 2.19. The van der Waals surface area contributed by atoms with Gasteiger partial charge in [0.15, 0.2) is 0 Å². The molecular weight excluding hydrogens is 178 g/mol. The first-order valence-electron chi connectivity index (χ1n) is 5.65. The van der Waals surface area contributed by atoms with Crippen molar-refractivity contribution < 1.29 is 9.53 Å². The van der Waals surface area contributed by atoms with Gasteiger partial charge in [0.05, 0.1) is 6.10 Å². The molecule has 0 aromatic carbocycles. The maximum Gasteiger partial charge on any atom is 0.245 e. The summed E-state index contributed by atoms with van der Waals surface area (Å²) in [4.78, 5) is 11.0. The van der Waals surface area contributed by atoms with Crippen LogP contribution in [0.3, 0.4) is 0 Å². The van der Waals surface area contributed by atoms with Gasteiger partial charge in [-0.1, -0.05) is 32.1 Å². The van der Waals surface area contributed by atoms with Crippen molar-refractivity contribution in [3.05, 3.63) is 0 Å². The zero-order valence-electron chi connectivity index (χ0n) is 9.05. The van der Waals surface area contributed by atoms with E-state index in [1.165, 1.54) is 32.1 Å². The van der Waals surface area contributed by atoms with Crippen LogP contribution in [0.15, 0.2) is 0 Å². The fourth-order valence-corrected chi connectivity index (χ4v) is 1.85. The lowest BCUT2D eigenvalue weighted by molar-refractivity contribution is -0.127. The Morgan fingerprint density at radius 3 is 2.36 bits per heavy atom. The Morgan fingerprint density at radius 2 is 1.79 bits per heavy atom. The van der Waals surface area contributed by atoms with Gasteiger partial charge in [-0.25, -0.2) is 0 Å². The molecule has 82 valence electrons. The highest BCUT2D eigenvalue weighted by molar-refractivity contribution is 5.76. The zero-order valence-corrected chi connectivity index (χ0v) is 9.05. The summed E-state index contributed by atoms with van der Waals surface area (Å²) < 4.78 is 5.56. The van der Waals surface area contributed by atoms with Gasteiger partial charge in [-0.15, -0.1) is 0 Å². The largest absolute Gasteiger partial charge is 0.368 e. The Labute approximate surface area is 86.2 Å². The quantitative estimate of drug-likeness (QED) is 0.753. The maximum absolute atomic E-state index is 11.0. The highest BCUT2D eigenvalue weighted by atomic mass is 16.5. The normalized spacial score (nSPS) is 19.8. The molecule has 3 heteroatoms. The molecule has 1 amide bonds. The SMILES string of the molecule is CNC(=O)COC1CCCCCCC1. The van der Waals surface area contributed by atoms with E-state index in [4.69, 9.17) is 4.74 Å². The van der Waals surface area contributed by atoms with Crippen molar-refractivity contribution in [1.29, 1.82) is 0 Å². The highest BCUT2D eigenvalue weighted by Gasteiger charge is 2.12. The van der Waals surface area contributed by atoms with Gasteiger partial charge in [0, 0.05) is 7.05 Å². The molecule has 0 aromatic heterocycles. The summed E-state index contributed by atoms with van der Waals surface area (Å²) in [7, 11) is 1.64. The molecule has 0 atom stereocenters. The Hall–Kier alpha value is -0.570. The molecule has 0 radical (unpaired) electrons. The predicted molar refractivity (Wildman–Crippen MR) is 56.1 cm³/mol. The monoisotopic (exact) mass is 199 g/mol. The number of carbonyl (C=O) groups excluding carboxylic acids is 1. The Balaban J connectivity index is 2.16. The summed E-state index contributed by atoms with van der Waals surface area (Å²) in [5.41, 5.74) is 0. The lowest BCUT2D eigenvalue weighted by Gasteiger charge is -2.19. The summed E-state index contributed by atoms with van der Waals surface area (Å²) >= 11 is 0.